The number of anilines is 1. The van der Waals surface area contributed by atoms with Crippen LogP contribution in [0.3, 0.4) is 0 Å². The Balaban J connectivity index is 3.06. The first kappa shape index (κ1) is 15.3. The first-order chi connectivity index (χ1) is 8.84. The van der Waals surface area contributed by atoms with Gasteiger partial charge in [-0.2, -0.15) is 5.26 Å². The van der Waals surface area contributed by atoms with Gasteiger partial charge in [0.1, 0.15) is 11.8 Å². The van der Waals surface area contributed by atoms with Gasteiger partial charge in [-0.1, -0.05) is 13.8 Å². The first-order valence-electron chi connectivity index (χ1n) is 5.75. The highest BCUT2D eigenvalue weighted by Crippen LogP contribution is 2.27. The van der Waals surface area contributed by atoms with Crippen LogP contribution in [-0.4, -0.2) is 21.6 Å². The van der Waals surface area contributed by atoms with Crippen LogP contribution >= 0.6 is 0 Å². The minimum atomic E-state index is -3.79. The molecule has 0 bridgehead atoms. The lowest BCUT2D eigenvalue weighted by Gasteiger charge is -2.14. The summed E-state index contributed by atoms with van der Waals surface area (Å²) in [5.41, 5.74) is 0.636. The quantitative estimate of drug-likeness (QED) is 0.818. The van der Waals surface area contributed by atoms with E-state index in [-0.39, 0.29) is 11.5 Å². The molecule has 0 saturated heterocycles. The number of ether oxygens (including phenoxy) is 1. The smallest absolute Gasteiger partial charge is 0.238 e. The summed E-state index contributed by atoms with van der Waals surface area (Å²) in [6.45, 7) is 4.63. The molecule has 0 spiro atoms. The van der Waals surface area contributed by atoms with Gasteiger partial charge in [-0.05, 0) is 18.1 Å². The Morgan fingerprint density at radius 1 is 1.47 bits per heavy atom. The topological polar surface area (TPSA) is 105 Å². The molecule has 0 aliphatic heterocycles. The maximum Gasteiger partial charge on any atom is 0.238 e. The number of rotatable bonds is 6. The SMILES string of the molecule is CC(C)CNc1ccc(S(N)(=O)=O)cc1OCC#N. The Morgan fingerprint density at radius 3 is 2.68 bits per heavy atom. The number of benzene rings is 1. The third-order valence-electron chi connectivity index (χ3n) is 2.27. The van der Waals surface area contributed by atoms with Crippen LogP contribution in [0.4, 0.5) is 5.69 Å². The maximum absolute atomic E-state index is 11.3. The summed E-state index contributed by atoms with van der Waals surface area (Å²) >= 11 is 0. The molecule has 6 nitrogen and oxygen atoms in total. The molecule has 0 saturated carbocycles. The molecule has 0 heterocycles. The fourth-order valence-electron chi connectivity index (χ4n) is 1.37. The number of hydrogen-bond donors (Lipinski definition) is 2. The summed E-state index contributed by atoms with van der Waals surface area (Å²) in [4.78, 5) is -0.0458. The molecule has 0 fully saturated rings. The molecule has 0 aliphatic rings. The molecule has 19 heavy (non-hydrogen) atoms. The minimum Gasteiger partial charge on any atom is -0.477 e. The summed E-state index contributed by atoms with van der Waals surface area (Å²) in [5.74, 6) is 0.718. The van der Waals surface area contributed by atoms with Crippen LogP contribution in [0.25, 0.3) is 0 Å². The number of primary sulfonamides is 1. The lowest BCUT2D eigenvalue weighted by atomic mass is 10.2. The summed E-state index contributed by atoms with van der Waals surface area (Å²) in [5, 5.41) is 16.7. The van der Waals surface area contributed by atoms with E-state index in [4.69, 9.17) is 15.1 Å². The largest absolute Gasteiger partial charge is 0.477 e. The van der Waals surface area contributed by atoms with Crippen molar-refractivity contribution in [2.24, 2.45) is 11.1 Å². The Hall–Kier alpha value is -1.78. The van der Waals surface area contributed by atoms with Gasteiger partial charge in [0.05, 0.1) is 10.6 Å². The van der Waals surface area contributed by atoms with Crippen LogP contribution in [0, 0.1) is 17.2 Å². The van der Waals surface area contributed by atoms with Gasteiger partial charge >= 0.3 is 0 Å². The standard InChI is InChI=1S/C12H17N3O3S/c1-9(2)8-15-11-4-3-10(19(14,16)17)7-12(11)18-6-5-13/h3-4,7,9,15H,6,8H2,1-2H3,(H2,14,16,17). The number of hydrogen-bond acceptors (Lipinski definition) is 5. The first-order valence-corrected chi connectivity index (χ1v) is 7.29. The third-order valence-corrected chi connectivity index (χ3v) is 3.19. The van der Waals surface area contributed by atoms with E-state index in [1.54, 1.807) is 6.07 Å². The molecule has 0 aromatic heterocycles. The van der Waals surface area contributed by atoms with E-state index in [2.05, 4.69) is 5.32 Å². The highest BCUT2D eigenvalue weighted by Gasteiger charge is 2.12. The van der Waals surface area contributed by atoms with Gasteiger partial charge in [-0.3, -0.25) is 0 Å². The highest BCUT2D eigenvalue weighted by molar-refractivity contribution is 7.89. The van der Waals surface area contributed by atoms with Gasteiger partial charge in [0.15, 0.2) is 6.61 Å². The minimum absolute atomic E-state index is 0.0458. The maximum atomic E-state index is 11.3. The van der Waals surface area contributed by atoms with Crippen LogP contribution in [0.1, 0.15) is 13.8 Å². The molecule has 0 unspecified atom stereocenters. The highest BCUT2D eigenvalue weighted by atomic mass is 32.2. The molecule has 0 radical (unpaired) electrons. The van der Waals surface area contributed by atoms with Gasteiger partial charge in [0.25, 0.3) is 0 Å². The normalized spacial score (nSPS) is 11.1. The van der Waals surface area contributed by atoms with Gasteiger partial charge in [-0.15, -0.1) is 0 Å². The zero-order valence-corrected chi connectivity index (χ0v) is 11.7. The average molecular weight is 283 g/mol. The van der Waals surface area contributed by atoms with Crippen molar-refractivity contribution < 1.29 is 13.2 Å². The molecule has 7 heteroatoms. The van der Waals surface area contributed by atoms with Gasteiger partial charge < -0.3 is 10.1 Å². The molecular weight excluding hydrogens is 266 g/mol. The van der Waals surface area contributed by atoms with Crippen molar-refractivity contribution in [1.29, 1.82) is 5.26 Å². The second-order valence-corrected chi connectivity index (χ2v) is 5.99. The molecule has 0 atom stereocenters. The summed E-state index contributed by atoms with van der Waals surface area (Å²) < 4.78 is 27.8. The number of nitrogens with two attached hydrogens (primary N) is 1. The molecule has 104 valence electrons. The van der Waals surface area contributed by atoms with Gasteiger partial charge in [0.2, 0.25) is 10.0 Å². The monoisotopic (exact) mass is 283 g/mol. The number of nitrogens with zero attached hydrogens (tertiary/aromatic N) is 1. The van der Waals surface area contributed by atoms with E-state index in [9.17, 15) is 8.42 Å². The van der Waals surface area contributed by atoms with E-state index in [0.717, 1.165) is 0 Å². The van der Waals surface area contributed by atoms with Crippen molar-refractivity contribution in [2.45, 2.75) is 18.7 Å². The summed E-state index contributed by atoms with van der Waals surface area (Å²) in [7, 11) is -3.79. The van der Waals surface area contributed by atoms with E-state index >= 15 is 0 Å². The van der Waals surface area contributed by atoms with Gasteiger partial charge in [-0.25, -0.2) is 13.6 Å². The Morgan fingerprint density at radius 2 is 2.16 bits per heavy atom. The second-order valence-electron chi connectivity index (χ2n) is 4.42. The molecule has 0 aliphatic carbocycles. The predicted molar refractivity (Wildman–Crippen MR) is 72.3 cm³/mol. The van der Waals surface area contributed by atoms with E-state index in [1.165, 1.54) is 12.1 Å². The van der Waals surface area contributed by atoms with Crippen molar-refractivity contribution in [3.05, 3.63) is 18.2 Å². The summed E-state index contributed by atoms with van der Waals surface area (Å²) in [6, 6.07) is 6.13. The number of nitriles is 1. The third kappa shape index (κ3) is 4.77. The second kappa shape index (κ2) is 6.41. The zero-order valence-electron chi connectivity index (χ0n) is 10.9. The summed E-state index contributed by atoms with van der Waals surface area (Å²) in [6.07, 6.45) is 0. The lowest BCUT2D eigenvalue weighted by molar-refractivity contribution is 0.368. The van der Waals surface area contributed by atoms with Crippen molar-refractivity contribution in [1.82, 2.24) is 0 Å². The van der Waals surface area contributed by atoms with Crippen molar-refractivity contribution >= 4 is 15.7 Å². The van der Waals surface area contributed by atoms with Crippen LogP contribution in [0.15, 0.2) is 23.1 Å². The van der Waals surface area contributed by atoms with Gasteiger partial charge in [0, 0.05) is 12.6 Å². The molecule has 0 amide bonds. The zero-order chi connectivity index (χ0) is 14.5. The average Bonchev–Trinajstić information content (AvgIpc) is 2.32. The van der Waals surface area contributed by atoms with Crippen LogP contribution in [-0.2, 0) is 10.0 Å². The Kier molecular flexibility index (Phi) is 5.15. The lowest BCUT2D eigenvalue weighted by Crippen LogP contribution is -2.14. The van der Waals surface area contributed by atoms with Crippen molar-refractivity contribution in [3.63, 3.8) is 0 Å². The Bertz CT molecular complexity index is 576. The Labute approximate surface area is 113 Å². The molecule has 1 aromatic carbocycles. The van der Waals surface area contributed by atoms with E-state index in [0.29, 0.717) is 23.9 Å². The predicted octanol–water partition coefficient (Wildman–Crippen LogP) is 1.30. The van der Waals surface area contributed by atoms with Crippen LogP contribution < -0.4 is 15.2 Å². The van der Waals surface area contributed by atoms with Crippen LogP contribution in [0.5, 0.6) is 5.75 Å². The number of nitrogens with one attached hydrogen (secondary N) is 1. The number of sulfonamides is 1. The fourth-order valence-corrected chi connectivity index (χ4v) is 1.90. The van der Waals surface area contributed by atoms with Crippen molar-refractivity contribution in [2.75, 3.05) is 18.5 Å². The van der Waals surface area contributed by atoms with E-state index in [1.807, 2.05) is 19.9 Å². The molecular formula is C12H17N3O3S. The molecule has 3 N–H and O–H groups in total. The van der Waals surface area contributed by atoms with Crippen LogP contribution in [0.2, 0.25) is 0 Å². The molecule has 1 rings (SSSR count). The van der Waals surface area contributed by atoms with Crippen molar-refractivity contribution in [3.8, 4) is 11.8 Å². The molecule has 1 aromatic rings. The van der Waals surface area contributed by atoms with E-state index < -0.39 is 10.0 Å². The fraction of sp³-hybridized carbons (Fsp3) is 0.417.